The van der Waals surface area contributed by atoms with E-state index in [2.05, 4.69) is 57.5 Å². The number of aliphatic hydroxyl groups is 2. The smallest absolute Gasteiger partial charge is 0.326 e. The molecule has 30 heteroatoms. The van der Waals surface area contributed by atoms with E-state index in [4.69, 9.17) is 22.3 Å². The lowest BCUT2D eigenvalue weighted by molar-refractivity contribution is -0.143. The molecule has 0 aromatic carbocycles. The number of nitrogens with zero attached hydrogens (tertiary/aromatic N) is 2. The van der Waals surface area contributed by atoms with Crippen molar-refractivity contribution in [3.8, 4) is 0 Å². The Morgan fingerprint density at radius 3 is 1.76 bits per heavy atom. The second-order valence-electron chi connectivity index (χ2n) is 15.3. The molecule has 68 heavy (non-hydrogen) atoms. The number of rotatable bonds is 32. The van der Waals surface area contributed by atoms with Gasteiger partial charge in [0.05, 0.1) is 44.6 Å². The van der Waals surface area contributed by atoms with Gasteiger partial charge in [-0.3, -0.25) is 52.9 Å². The van der Waals surface area contributed by atoms with Crippen LogP contribution in [0.2, 0.25) is 0 Å². The van der Waals surface area contributed by atoms with Crippen molar-refractivity contribution >= 4 is 71.1 Å². The number of hydrogen-bond donors (Lipinski definition) is 17. The molecule has 0 aliphatic carbocycles. The normalized spacial score (nSPS) is 14.8. The number of carboxylic acids is 3. The van der Waals surface area contributed by atoms with Gasteiger partial charge in [0, 0.05) is 31.3 Å². The zero-order valence-corrected chi connectivity index (χ0v) is 37.5. The molecule has 0 aliphatic heterocycles. The Morgan fingerprint density at radius 2 is 1.26 bits per heavy atom. The van der Waals surface area contributed by atoms with Crippen LogP contribution in [0.25, 0.3) is 0 Å². The van der Waals surface area contributed by atoms with Gasteiger partial charge in [-0.1, -0.05) is 20.3 Å². The summed E-state index contributed by atoms with van der Waals surface area (Å²) in [4.78, 5) is 149. The summed E-state index contributed by atoms with van der Waals surface area (Å²) in [5.41, 5.74) is 16.9. The van der Waals surface area contributed by atoms with Crippen LogP contribution in [0, 0.1) is 5.92 Å². The van der Waals surface area contributed by atoms with Crippen LogP contribution in [-0.2, 0) is 59.2 Å². The second-order valence-corrected chi connectivity index (χ2v) is 15.3. The van der Waals surface area contributed by atoms with Crippen molar-refractivity contribution in [1.82, 2.24) is 52.5 Å². The monoisotopic (exact) mass is 970 g/mol. The largest absolute Gasteiger partial charge is 0.481 e. The van der Waals surface area contributed by atoms with Gasteiger partial charge in [0.2, 0.25) is 47.3 Å². The lowest BCUT2D eigenvalue weighted by atomic mass is 9.98. The minimum Gasteiger partial charge on any atom is -0.481 e. The van der Waals surface area contributed by atoms with Crippen molar-refractivity contribution in [3.63, 3.8) is 0 Å². The minimum absolute atomic E-state index is 0.0413. The fourth-order valence-electron chi connectivity index (χ4n) is 5.75. The molecule has 0 saturated heterocycles. The highest BCUT2D eigenvalue weighted by Crippen LogP contribution is 2.08. The predicted molar refractivity (Wildman–Crippen MR) is 233 cm³/mol. The standard InChI is InChI=1S/C38H62N14O16/c1-4-17(2)29(39)35(65)52-30(18(3)54)36(66)51-24(15-53)34(64)49-20(6-5-9-43-38(40)41)31(61)44-14-26(56)48-23(11-28(59)60)33(63)50-22(10-19-12-42-16-46-19)32(62)45-13-25(55)47-21(37(67)68)7-8-27(57)58/h12,16-18,20-24,29-30,53-54H,4-11,13-15,39H2,1-3H3,(H,42,46)(H,44,61)(H,45,62)(H,47,55)(H,48,56)(H,49,64)(H,50,63)(H,51,66)(H,52,65)(H,57,58)(H,59,60)(H,67,68)(H4,40,41,43)/t17-,18+,20-,21-,22-,23-,24-,29-,30-/m0/s1. The number of nitrogens with one attached hydrogen (secondary N) is 9. The van der Waals surface area contributed by atoms with Crippen molar-refractivity contribution in [1.29, 1.82) is 0 Å². The number of nitrogens with two attached hydrogens (primary N) is 3. The third kappa shape index (κ3) is 22.1. The first kappa shape index (κ1) is 58.5. The Bertz CT molecular complexity index is 1950. The number of aliphatic imine (C=N–C) groups is 1. The summed E-state index contributed by atoms with van der Waals surface area (Å²) in [7, 11) is 0. The average Bonchev–Trinajstić information content (AvgIpc) is 3.79. The number of aliphatic carboxylic acids is 3. The number of carbonyl (C=O) groups is 11. The van der Waals surface area contributed by atoms with E-state index in [9.17, 15) is 73.2 Å². The van der Waals surface area contributed by atoms with Gasteiger partial charge in [-0.15, -0.1) is 0 Å². The average molecular weight is 971 g/mol. The molecule has 9 atom stereocenters. The number of guanidine groups is 1. The van der Waals surface area contributed by atoms with E-state index in [0.717, 1.165) is 0 Å². The molecule has 0 bridgehead atoms. The van der Waals surface area contributed by atoms with Crippen LogP contribution < -0.4 is 59.7 Å². The highest BCUT2D eigenvalue weighted by molar-refractivity contribution is 5.98. The Hall–Kier alpha value is -7.47. The first-order valence-electron chi connectivity index (χ1n) is 21.0. The van der Waals surface area contributed by atoms with Gasteiger partial charge in [0.1, 0.15) is 36.3 Å². The number of aromatic nitrogens is 2. The highest BCUT2D eigenvalue weighted by Gasteiger charge is 2.34. The number of H-pyrrole nitrogens is 1. The maximum atomic E-state index is 13.4. The summed E-state index contributed by atoms with van der Waals surface area (Å²) in [5.74, 6) is -13.5. The zero-order valence-electron chi connectivity index (χ0n) is 37.5. The van der Waals surface area contributed by atoms with E-state index in [-0.39, 0.29) is 43.4 Å². The lowest BCUT2D eigenvalue weighted by Crippen LogP contribution is -2.61. The third-order valence-corrected chi connectivity index (χ3v) is 9.79. The number of hydrogen-bond acceptors (Lipinski definition) is 16. The van der Waals surface area contributed by atoms with E-state index < -0.39 is 153 Å². The molecule has 8 amide bonds. The Morgan fingerprint density at radius 1 is 0.706 bits per heavy atom. The number of amides is 8. The van der Waals surface area contributed by atoms with Crippen molar-refractivity contribution in [2.75, 3.05) is 26.2 Å². The molecule has 0 saturated carbocycles. The van der Waals surface area contributed by atoms with Crippen molar-refractivity contribution in [2.24, 2.45) is 28.1 Å². The Labute approximate surface area is 388 Å². The van der Waals surface area contributed by atoms with Gasteiger partial charge in [0.15, 0.2) is 5.96 Å². The van der Waals surface area contributed by atoms with Gasteiger partial charge in [-0.05, 0) is 32.1 Å². The predicted octanol–water partition coefficient (Wildman–Crippen LogP) is -7.68. The first-order valence-corrected chi connectivity index (χ1v) is 21.0. The molecule has 0 radical (unpaired) electrons. The molecular weight excluding hydrogens is 908 g/mol. The van der Waals surface area contributed by atoms with Gasteiger partial charge in [0.25, 0.3) is 0 Å². The third-order valence-electron chi connectivity index (χ3n) is 9.79. The summed E-state index contributed by atoms with van der Waals surface area (Å²) in [6.07, 6.45) is -1.09. The molecule has 30 nitrogen and oxygen atoms in total. The van der Waals surface area contributed by atoms with E-state index in [1.807, 2.05) is 0 Å². The van der Waals surface area contributed by atoms with E-state index in [1.54, 1.807) is 13.8 Å². The molecule has 0 spiro atoms. The summed E-state index contributed by atoms with van der Waals surface area (Å²) in [6.45, 7) is 1.80. The van der Waals surface area contributed by atoms with Gasteiger partial charge in [-0.25, -0.2) is 9.78 Å². The number of carboxylic acid groups (broad SMARTS) is 3. The molecule has 1 heterocycles. The van der Waals surface area contributed by atoms with Crippen LogP contribution in [0.3, 0.4) is 0 Å². The van der Waals surface area contributed by atoms with E-state index in [1.165, 1.54) is 19.4 Å². The highest BCUT2D eigenvalue weighted by atomic mass is 16.4. The van der Waals surface area contributed by atoms with Gasteiger partial charge >= 0.3 is 17.9 Å². The SMILES string of the molecule is CC[C@H](C)[C@H](N)C(=O)N[C@H](C(=O)N[C@@H](CO)C(=O)N[C@@H](CCCN=C(N)N)C(=O)NCC(=O)N[C@@H](CC(=O)O)C(=O)N[C@@H](Cc1cnc[nH]1)C(=O)NCC(=O)N[C@@H](CCC(=O)O)C(=O)O)[C@@H](C)O. The van der Waals surface area contributed by atoms with Crippen molar-refractivity contribution in [2.45, 2.75) is 114 Å². The zero-order chi connectivity index (χ0) is 51.7. The molecule has 1 aromatic heterocycles. The number of carbonyl (C=O) groups excluding carboxylic acids is 8. The van der Waals surface area contributed by atoms with Crippen LogP contribution in [0.5, 0.6) is 0 Å². The summed E-state index contributed by atoms with van der Waals surface area (Å²) in [6, 6.07) is -11.0. The molecule has 1 rings (SSSR count). The summed E-state index contributed by atoms with van der Waals surface area (Å²) < 4.78 is 0. The Balaban J connectivity index is 3.16. The molecule has 20 N–H and O–H groups in total. The van der Waals surface area contributed by atoms with Crippen molar-refractivity contribution in [3.05, 3.63) is 18.2 Å². The molecular formula is C38H62N14O16. The minimum atomic E-state index is -1.90. The van der Waals surface area contributed by atoms with Crippen LogP contribution in [0.4, 0.5) is 0 Å². The van der Waals surface area contributed by atoms with Gasteiger partial charge in [-0.2, -0.15) is 0 Å². The topological polar surface area (TPSA) is 504 Å². The lowest BCUT2D eigenvalue weighted by Gasteiger charge is -2.27. The molecule has 0 fully saturated rings. The fraction of sp³-hybridized carbons (Fsp3) is 0.605. The van der Waals surface area contributed by atoms with Crippen LogP contribution in [-0.4, -0.2) is 181 Å². The summed E-state index contributed by atoms with van der Waals surface area (Å²) in [5, 5.41) is 65.6. The Kier molecular flexibility index (Phi) is 25.8. The van der Waals surface area contributed by atoms with Crippen LogP contribution >= 0.6 is 0 Å². The van der Waals surface area contributed by atoms with Crippen molar-refractivity contribution < 1.29 is 78.3 Å². The maximum Gasteiger partial charge on any atom is 0.326 e. The van der Waals surface area contributed by atoms with Gasteiger partial charge < -0.3 is 90.3 Å². The number of aromatic amines is 1. The molecule has 380 valence electrons. The van der Waals surface area contributed by atoms with E-state index in [0.29, 0.717) is 6.42 Å². The summed E-state index contributed by atoms with van der Waals surface area (Å²) >= 11 is 0. The first-order chi connectivity index (χ1) is 31.9. The maximum absolute atomic E-state index is 13.4. The van der Waals surface area contributed by atoms with Crippen LogP contribution in [0.15, 0.2) is 17.5 Å². The second kappa shape index (κ2) is 29.9. The van der Waals surface area contributed by atoms with Crippen LogP contribution in [0.1, 0.15) is 65.0 Å². The fourth-order valence-corrected chi connectivity index (χ4v) is 5.75. The number of imidazole rings is 1. The molecule has 0 unspecified atom stereocenters. The van der Waals surface area contributed by atoms with E-state index >= 15 is 0 Å². The quantitative estimate of drug-likeness (QED) is 0.0181. The molecule has 0 aliphatic rings. The number of aliphatic hydroxyl groups excluding tert-OH is 2. The molecule has 1 aromatic rings.